The standard InChI is InChI=1S/C20H22N6O2/c1-11-15(16-17(26-20(2)5-6-20)24-10-25-19(16)28-11)18(27)21-8-13-7-14(12-3-4-12)23-9-22-13/h7,9-10,12H,3-6,8H2,1-2H3,(H,21,27)(H,24,25,26). The molecule has 0 saturated heterocycles. The first kappa shape index (κ1) is 17.1. The molecule has 2 fully saturated rings. The highest BCUT2D eigenvalue weighted by Crippen LogP contribution is 2.40. The number of nitrogens with zero attached hydrogens (tertiary/aromatic N) is 4. The lowest BCUT2D eigenvalue weighted by molar-refractivity contribution is 0.0950. The maximum Gasteiger partial charge on any atom is 0.255 e. The van der Waals surface area contributed by atoms with Crippen LogP contribution >= 0.6 is 0 Å². The quantitative estimate of drug-likeness (QED) is 0.679. The van der Waals surface area contributed by atoms with Crippen LogP contribution in [-0.4, -0.2) is 31.4 Å². The highest BCUT2D eigenvalue weighted by atomic mass is 16.3. The number of carbonyl (C=O) groups is 1. The number of amides is 1. The van der Waals surface area contributed by atoms with Gasteiger partial charge in [0, 0.05) is 17.2 Å². The molecule has 3 aromatic heterocycles. The third-order valence-electron chi connectivity index (χ3n) is 5.48. The molecule has 3 heterocycles. The van der Waals surface area contributed by atoms with E-state index in [0.29, 0.717) is 40.7 Å². The van der Waals surface area contributed by atoms with Gasteiger partial charge in [0.2, 0.25) is 5.71 Å². The summed E-state index contributed by atoms with van der Waals surface area (Å²) in [6.45, 7) is 4.25. The van der Waals surface area contributed by atoms with Crippen LogP contribution in [0.25, 0.3) is 11.1 Å². The summed E-state index contributed by atoms with van der Waals surface area (Å²) < 4.78 is 5.73. The molecule has 2 aliphatic rings. The van der Waals surface area contributed by atoms with Crippen LogP contribution < -0.4 is 10.6 Å². The van der Waals surface area contributed by atoms with Gasteiger partial charge in [0.1, 0.15) is 24.2 Å². The summed E-state index contributed by atoms with van der Waals surface area (Å²) in [7, 11) is 0. The number of anilines is 1. The summed E-state index contributed by atoms with van der Waals surface area (Å²) in [6.07, 6.45) is 7.54. The predicted octanol–water partition coefficient (Wildman–Crippen LogP) is 3.09. The van der Waals surface area contributed by atoms with Gasteiger partial charge in [-0.15, -0.1) is 0 Å². The number of hydrogen-bond acceptors (Lipinski definition) is 7. The number of fused-ring (bicyclic) bond motifs is 1. The number of aryl methyl sites for hydroxylation is 1. The second kappa shape index (κ2) is 6.25. The van der Waals surface area contributed by atoms with Gasteiger partial charge in [0.05, 0.1) is 23.2 Å². The molecule has 5 rings (SSSR count). The molecule has 144 valence electrons. The molecular weight excluding hydrogens is 356 g/mol. The van der Waals surface area contributed by atoms with Crippen molar-refractivity contribution < 1.29 is 9.21 Å². The maximum absolute atomic E-state index is 13.0. The summed E-state index contributed by atoms with van der Waals surface area (Å²) in [5, 5.41) is 7.02. The largest absolute Gasteiger partial charge is 0.442 e. The molecule has 0 unspecified atom stereocenters. The minimum Gasteiger partial charge on any atom is -0.442 e. The van der Waals surface area contributed by atoms with Crippen molar-refractivity contribution in [3.8, 4) is 0 Å². The van der Waals surface area contributed by atoms with E-state index < -0.39 is 0 Å². The van der Waals surface area contributed by atoms with Crippen LogP contribution in [0.4, 0.5) is 5.82 Å². The number of hydrogen-bond donors (Lipinski definition) is 2. The molecule has 8 heteroatoms. The van der Waals surface area contributed by atoms with Crippen molar-refractivity contribution in [3.05, 3.63) is 41.4 Å². The molecule has 0 atom stereocenters. The van der Waals surface area contributed by atoms with E-state index in [1.165, 1.54) is 19.2 Å². The van der Waals surface area contributed by atoms with Gasteiger partial charge in [0.25, 0.3) is 5.91 Å². The van der Waals surface area contributed by atoms with Crippen molar-refractivity contribution in [2.75, 3.05) is 5.32 Å². The molecule has 0 aliphatic heterocycles. The molecule has 0 spiro atoms. The normalized spacial score (nSPS) is 17.5. The summed E-state index contributed by atoms with van der Waals surface area (Å²) in [4.78, 5) is 30.1. The van der Waals surface area contributed by atoms with Gasteiger partial charge >= 0.3 is 0 Å². The van der Waals surface area contributed by atoms with Crippen LogP contribution in [0, 0.1) is 6.92 Å². The van der Waals surface area contributed by atoms with Gasteiger partial charge in [0.15, 0.2) is 0 Å². The fraction of sp³-hybridized carbons (Fsp3) is 0.450. The van der Waals surface area contributed by atoms with Gasteiger partial charge in [-0.1, -0.05) is 0 Å². The van der Waals surface area contributed by atoms with E-state index in [0.717, 1.165) is 24.2 Å². The SMILES string of the molecule is Cc1oc2ncnc(NC3(C)CC3)c2c1C(=O)NCc1cc(C2CC2)ncn1. The number of nitrogens with one attached hydrogen (secondary N) is 2. The van der Waals surface area contributed by atoms with Crippen molar-refractivity contribution in [2.45, 2.75) is 57.5 Å². The van der Waals surface area contributed by atoms with Crippen molar-refractivity contribution in [3.63, 3.8) is 0 Å². The lowest BCUT2D eigenvalue weighted by Gasteiger charge is -2.13. The lowest BCUT2D eigenvalue weighted by atomic mass is 10.1. The number of carbonyl (C=O) groups excluding carboxylic acids is 1. The molecule has 0 radical (unpaired) electrons. The summed E-state index contributed by atoms with van der Waals surface area (Å²) in [6, 6.07) is 1.97. The van der Waals surface area contributed by atoms with Crippen LogP contribution in [0.2, 0.25) is 0 Å². The van der Waals surface area contributed by atoms with E-state index >= 15 is 0 Å². The Bertz CT molecular complexity index is 1070. The molecule has 2 saturated carbocycles. The summed E-state index contributed by atoms with van der Waals surface area (Å²) >= 11 is 0. The van der Waals surface area contributed by atoms with E-state index in [1.807, 2.05) is 6.07 Å². The van der Waals surface area contributed by atoms with Crippen molar-refractivity contribution in [2.24, 2.45) is 0 Å². The Kier molecular flexibility index (Phi) is 3.82. The zero-order valence-electron chi connectivity index (χ0n) is 16.0. The Morgan fingerprint density at radius 2 is 2.00 bits per heavy atom. The Balaban J connectivity index is 1.41. The third kappa shape index (κ3) is 3.19. The van der Waals surface area contributed by atoms with E-state index in [4.69, 9.17) is 4.42 Å². The van der Waals surface area contributed by atoms with Gasteiger partial charge < -0.3 is 15.1 Å². The first-order valence-electron chi connectivity index (χ1n) is 9.64. The number of rotatable bonds is 6. The Morgan fingerprint density at radius 3 is 2.75 bits per heavy atom. The minimum atomic E-state index is -0.221. The molecule has 2 N–H and O–H groups in total. The van der Waals surface area contributed by atoms with Crippen LogP contribution in [0.3, 0.4) is 0 Å². The smallest absolute Gasteiger partial charge is 0.255 e. The van der Waals surface area contributed by atoms with E-state index in [-0.39, 0.29) is 11.4 Å². The van der Waals surface area contributed by atoms with Crippen molar-refractivity contribution in [1.29, 1.82) is 0 Å². The predicted molar refractivity (Wildman–Crippen MR) is 103 cm³/mol. The van der Waals surface area contributed by atoms with Crippen molar-refractivity contribution in [1.82, 2.24) is 25.3 Å². The molecule has 0 aromatic carbocycles. The zero-order chi connectivity index (χ0) is 19.3. The summed E-state index contributed by atoms with van der Waals surface area (Å²) in [5.41, 5.74) is 2.78. The topological polar surface area (TPSA) is 106 Å². The zero-order valence-corrected chi connectivity index (χ0v) is 16.0. The van der Waals surface area contributed by atoms with Crippen LogP contribution in [0.15, 0.2) is 23.1 Å². The van der Waals surface area contributed by atoms with Crippen LogP contribution in [0.5, 0.6) is 0 Å². The molecular formula is C20H22N6O2. The Hall–Kier alpha value is -3.03. The second-order valence-corrected chi connectivity index (χ2v) is 8.01. The van der Waals surface area contributed by atoms with E-state index in [9.17, 15) is 4.79 Å². The maximum atomic E-state index is 13.0. The second-order valence-electron chi connectivity index (χ2n) is 8.01. The first-order chi connectivity index (χ1) is 13.5. The Morgan fingerprint density at radius 1 is 1.21 bits per heavy atom. The highest BCUT2D eigenvalue weighted by Gasteiger charge is 2.38. The number of aromatic nitrogens is 4. The highest BCUT2D eigenvalue weighted by molar-refractivity contribution is 6.10. The Labute approximate surface area is 162 Å². The van der Waals surface area contributed by atoms with Crippen LogP contribution in [-0.2, 0) is 6.54 Å². The summed E-state index contributed by atoms with van der Waals surface area (Å²) in [5.74, 6) is 1.50. The van der Waals surface area contributed by atoms with E-state index in [2.05, 4.69) is 37.5 Å². The first-order valence-corrected chi connectivity index (χ1v) is 9.64. The van der Waals surface area contributed by atoms with Gasteiger partial charge in [-0.2, -0.15) is 0 Å². The van der Waals surface area contributed by atoms with Crippen LogP contribution in [0.1, 0.15) is 66.0 Å². The van der Waals surface area contributed by atoms with Gasteiger partial charge in [-0.05, 0) is 45.6 Å². The average molecular weight is 378 g/mol. The monoisotopic (exact) mass is 378 g/mol. The third-order valence-corrected chi connectivity index (χ3v) is 5.48. The van der Waals surface area contributed by atoms with Gasteiger partial charge in [-0.3, -0.25) is 4.79 Å². The fourth-order valence-corrected chi connectivity index (χ4v) is 3.38. The van der Waals surface area contributed by atoms with E-state index in [1.54, 1.807) is 13.3 Å². The van der Waals surface area contributed by atoms with Gasteiger partial charge in [-0.25, -0.2) is 19.9 Å². The molecule has 1 amide bonds. The van der Waals surface area contributed by atoms with Crippen molar-refractivity contribution >= 4 is 22.8 Å². The molecule has 0 bridgehead atoms. The molecule has 3 aromatic rings. The molecule has 2 aliphatic carbocycles. The fourth-order valence-electron chi connectivity index (χ4n) is 3.38. The average Bonchev–Trinajstić information content (AvgIpc) is 3.60. The lowest BCUT2D eigenvalue weighted by Crippen LogP contribution is -2.24. The number of furan rings is 1. The molecule has 28 heavy (non-hydrogen) atoms. The minimum absolute atomic E-state index is 0.0281. The molecule has 8 nitrogen and oxygen atoms in total.